The lowest BCUT2D eigenvalue weighted by molar-refractivity contribution is -0.132. The molecular weight excluding hydrogens is 1300 g/mol. The number of hydrogen-bond donors (Lipinski definition) is 7. The number of aromatic nitrogens is 13. The number of anilines is 4. The molecule has 24 heteroatoms. The van der Waals surface area contributed by atoms with Crippen molar-refractivity contribution in [2.24, 2.45) is 0 Å². The molecule has 4 aromatic carbocycles. The normalized spacial score (nSPS) is 14.9. The van der Waals surface area contributed by atoms with Gasteiger partial charge in [-0.2, -0.15) is 0 Å². The van der Waals surface area contributed by atoms with E-state index in [1.54, 1.807) is 18.6 Å². The van der Waals surface area contributed by atoms with E-state index in [0.717, 1.165) is 207 Å². The molecule has 10 N–H and O–H groups in total. The van der Waals surface area contributed by atoms with Crippen molar-refractivity contribution in [3.63, 3.8) is 0 Å². The molecular formula is C80H89N21O3. The Morgan fingerprint density at radius 3 is 1.23 bits per heavy atom. The molecule has 3 aliphatic heterocycles. The Labute approximate surface area is 602 Å². The topological polar surface area (TPSA) is 299 Å². The van der Waals surface area contributed by atoms with E-state index in [0.29, 0.717) is 43.4 Å². The van der Waals surface area contributed by atoms with E-state index in [1.165, 1.54) is 0 Å². The quantitative estimate of drug-likeness (QED) is 0.0533. The van der Waals surface area contributed by atoms with Crippen LogP contribution in [0.15, 0.2) is 159 Å². The van der Waals surface area contributed by atoms with E-state index in [4.69, 9.17) is 32.2 Å². The van der Waals surface area contributed by atoms with Crippen LogP contribution in [-0.4, -0.2) is 174 Å². The highest BCUT2D eigenvalue weighted by Gasteiger charge is 2.33. The number of likely N-dealkylation sites (tertiary alicyclic amines) is 3. The number of piperidine rings is 3. The second-order valence-corrected chi connectivity index (χ2v) is 28.4. The summed E-state index contributed by atoms with van der Waals surface area (Å²) in [5.74, 6) is 5.59. The molecule has 3 aliphatic rings. The molecule has 0 spiro atoms. The van der Waals surface area contributed by atoms with Crippen molar-refractivity contribution in [2.45, 2.75) is 89.4 Å². The number of nitrogens with zero attached hydrogens (tertiary/aromatic N) is 14. The van der Waals surface area contributed by atoms with E-state index in [9.17, 15) is 14.4 Å². The van der Waals surface area contributed by atoms with Crippen molar-refractivity contribution in [3.8, 4) is 34.2 Å². The molecule has 0 aliphatic carbocycles. The maximum absolute atomic E-state index is 13.1. The van der Waals surface area contributed by atoms with E-state index in [1.807, 2.05) is 130 Å². The number of benzene rings is 4. The van der Waals surface area contributed by atoms with Gasteiger partial charge in [0.25, 0.3) is 5.91 Å². The SMILES string of the molecule is CN(C)CCCC(=O)N1CCC(c2nc(-c3cc4ccccc4[nH]3)c3c(N)nccn23)CC1.CN(C)c1ccc(CC(=O)N2CCC(c3nc(-c4cc5ccccc5[nH]4)c4c(N)nccn34)CC2)cc1.Cc1cc(C(=O)N2CCC(c3nc(-c4cc5ccccc5[nH]4)c4c(N)nccn34)CC2)c(C)[nH]1. The van der Waals surface area contributed by atoms with Gasteiger partial charge in [-0.25, -0.2) is 29.9 Å². The number of H-pyrrole nitrogens is 4. The minimum atomic E-state index is 0.0977. The number of rotatable bonds is 14. The van der Waals surface area contributed by atoms with Crippen LogP contribution in [0, 0.1) is 13.8 Å². The summed E-state index contributed by atoms with van der Waals surface area (Å²) < 4.78 is 6.24. The number of nitrogens with two attached hydrogens (primary N) is 3. The predicted octanol–water partition coefficient (Wildman–Crippen LogP) is 12.4. The highest BCUT2D eigenvalue weighted by molar-refractivity contribution is 5.96. The van der Waals surface area contributed by atoms with Crippen molar-refractivity contribution in [3.05, 3.63) is 198 Å². The second-order valence-electron chi connectivity index (χ2n) is 28.4. The molecule has 24 nitrogen and oxygen atoms in total. The molecule has 0 unspecified atom stereocenters. The van der Waals surface area contributed by atoms with Gasteiger partial charge in [-0.05, 0) is 140 Å². The maximum Gasteiger partial charge on any atom is 0.255 e. The molecule has 3 fully saturated rings. The number of hydrogen-bond acceptors (Lipinski definition) is 14. The van der Waals surface area contributed by atoms with Crippen LogP contribution in [0.25, 0.3) is 83.4 Å². The van der Waals surface area contributed by atoms with Gasteiger partial charge in [-0.1, -0.05) is 66.7 Å². The fourth-order valence-electron chi connectivity index (χ4n) is 15.4. The minimum absolute atomic E-state index is 0.0977. The smallest absolute Gasteiger partial charge is 0.255 e. The van der Waals surface area contributed by atoms with Crippen molar-refractivity contribution in [1.82, 2.24) is 82.6 Å². The largest absolute Gasteiger partial charge is 0.382 e. The summed E-state index contributed by atoms with van der Waals surface area (Å²) in [5.41, 5.74) is 34.8. The van der Waals surface area contributed by atoms with Gasteiger partial charge in [-0.3, -0.25) is 27.6 Å². The molecule has 0 bridgehead atoms. The molecule has 104 heavy (non-hydrogen) atoms. The Bertz CT molecular complexity index is 5350. The first-order chi connectivity index (χ1) is 50.5. The highest BCUT2D eigenvalue weighted by Crippen LogP contribution is 2.40. The van der Waals surface area contributed by atoms with Crippen molar-refractivity contribution in [2.75, 3.05) is 96.1 Å². The Morgan fingerprint density at radius 2 is 0.865 bits per heavy atom. The Hall–Kier alpha value is -11.8. The molecule has 13 heterocycles. The third-order valence-corrected chi connectivity index (χ3v) is 20.9. The average molecular weight is 1390 g/mol. The number of imidazole rings is 3. The van der Waals surface area contributed by atoms with Crippen molar-refractivity contribution < 1.29 is 14.4 Å². The standard InChI is InChI=1S/C29H31N7O.C26H27N7O.C25H31N7O/c1-34(2)22-9-7-19(8-10-22)17-25(37)35-14-11-20(12-15-35)29-33-26(27-28(30)31-13-16-36(27)29)24-18-21-5-3-4-6-23(21)32-24;1-15-13-19(16(2)29-15)26(34)32-10-7-17(8-11-32)25-31-22(23-24(27)28-9-12-33(23)25)21-14-18-5-3-4-6-20(18)30-21;1-30(2)12-5-8-21(33)31-13-9-17(10-14-31)25-29-22(23-24(26)27-11-15-32(23)25)20-16-18-6-3-4-7-19(18)28-20/h3-10,13,16,18,20,32H,11-12,14-15,17H2,1-2H3,(H2,30,31);3-6,9,12-14,17,29-30H,7-8,10-11H2,1-2H3,(H2,27,28);3-4,6-7,11,15-17,28H,5,8-10,12-14H2,1-2H3,(H2,26,27). The first-order valence-electron chi connectivity index (χ1n) is 36.0. The molecule has 10 aromatic heterocycles. The number of para-hydroxylation sites is 3. The zero-order valence-electron chi connectivity index (χ0n) is 59.8. The summed E-state index contributed by atoms with van der Waals surface area (Å²) >= 11 is 0. The number of amides is 3. The lowest BCUT2D eigenvalue weighted by atomic mass is 9.95. The summed E-state index contributed by atoms with van der Waals surface area (Å²) in [6.07, 6.45) is 18.1. The van der Waals surface area contributed by atoms with Crippen LogP contribution in [0.2, 0.25) is 0 Å². The predicted molar refractivity (Wildman–Crippen MR) is 412 cm³/mol. The van der Waals surface area contributed by atoms with Crippen LogP contribution in [0.1, 0.15) is 114 Å². The average Bonchev–Trinajstić information content (AvgIpc) is 1.61. The number of nitrogens with one attached hydrogen (secondary N) is 4. The highest BCUT2D eigenvalue weighted by atomic mass is 16.2. The van der Waals surface area contributed by atoms with Gasteiger partial charge in [0.15, 0.2) is 0 Å². The Kier molecular flexibility index (Phi) is 18.9. The summed E-state index contributed by atoms with van der Waals surface area (Å²) in [6, 6.07) is 41.0. The molecule has 14 aromatic rings. The number of fused-ring (bicyclic) bond motifs is 6. The summed E-state index contributed by atoms with van der Waals surface area (Å²) in [6.45, 7) is 9.24. The van der Waals surface area contributed by atoms with E-state index in [2.05, 4.69) is 125 Å². The van der Waals surface area contributed by atoms with Gasteiger partial charge in [0, 0.05) is 165 Å². The zero-order valence-corrected chi connectivity index (χ0v) is 59.8. The van der Waals surface area contributed by atoms with Gasteiger partial charge in [0.05, 0.1) is 29.1 Å². The molecule has 3 saturated heterocycles. The summed E-state index contributed by atoms with van der Waals surface area (Å²) in [4.78, 5) is 90.8. The number of aryl methyl sites for hydroxylation is 2. The monoisotopic (exact) mass is 1390 g/mol. The van der Waals surface area contributed by atoms with Crippen LogP contribution in [0.3, 0.4) is 0 Å². The molecule has 0 saturated carbocycles. The summed E-state index contributed by atoms with van der Waals surface area (Å²) in [7, 11) is 8.11. The van der Waals surface area contributed by atoms with E-state index >= 15 is 0 Å². The van der Waals surface area contributed by atoms with Crippen LogP contribution in [-0.2, 0) is 16.0 Å². The molecule has 3 amide bonds. The lowest BCUT2D eigenvalue weighted by Crippen LogP contribution is -2.39. The van der Waals surface area contributed by atoms with Gasteiger partial charge >= 0.3 is 0 Å². The van der Waals surface area contributed by atoms with Gasteiger partial charge in [0.1, 0.15) is 68.6 Å². The Morgan fingerprint density at radius 1 is 0.481 bits per heavy atom. The van der Waals surface area contributed by atoms with Crippen LogP contribution in [0.5, 0.6) is 0 Å². The number of carbonyl (C=O) groups excluding carboxylic acids is 3. The first-order valence-corrected chi connectivity index (χ1v) is 36.0. The molecule has 0 radical (unpaired) electrons. The first kappa shape index (κ1) is 68.0. The molecule has 0 atom stereocenters. The van der Waals surface area contributed by atoms with E-state index < -0.39 is 0 Å². The third kappa shape index (κ3) is 13.7. The number of nitrogen functional groups attached to an aromatic ring is 3. The van der Waals surface area contributed by atoms with Gasteiger partial charge < -0.3 is 61.6 Å². The van der Waals surface area contributed by atoms with Crippen molar-refractivity contribution >= 4 is 90.1 Å². The van der Waals surface area contributed by atoms with E-state index in [-0.39, 0.29) is 35.5 Å². The van der Waals surface area contributed by atoms with Gasteiger partial charge in [0.2, 0.25) is 11.8 Å². The zero-order chi connectivity index (χ0) is 71.9. The Balaban J connectivity index is 0.000000126. The van der Waals surface area contributed by atoms with Gasteiger partial charge in [-0.15, -0.1) is 0 Å². The van der Waals surface area contributed by atoms with Crippen molar-refractivity contribution in [1.29, 1.82) is 0 Å². The van der Waals surface area contributed by atoms with Crippen LogP contribution in [0.4, 0.5) is 23.1 Å². The minimum Gasteiger partial charge on any atom is -0.382 e. The summed E-state index contributed by atoms with van der Waals surface area (Å²) in [5, 5.41) is 3.40. The third-order valence-electron chi connectivity index (χ3n) is 20.9. The fraction of sp³-hybridized carbons (Fsp3) is 0.312. The van der Waals surface area contributed by atoms with Crippen LogP contribution < -0.4 is 22.1 Å². The molecule has 532 valence electrons. The van der Waals surface area contributed by atoms with Crippen LogP contribution >= 0.6 is 0 Å². The number of aromatic amines is 4. The fourth-order valence-corrected chi connectivity index (χ4v) is 15.4. The lowest BCUT2D eigenvalue weighted by Gasteiger charge is -2.31. The molecule has 17 rings (SSSR count). The maximum atomic E-state index is 13.1. The second kappa shape index (κ2) is 28.9. The number of carbonyl (C=O) groups is 3.